The van der Waals surface area contributed by atoms with Gasteiger partial charge in [-0.2, -0.15) is 5.10 Å². The smallest absolute Gasteiger partial charge is 0.182 e. The highest BCUT2D eigenvalue weighted by Crippen LogP contribution is 2.37. The van der Waals surface area contributed by atoms with Crippen LogP contribution in [0.25, 0.3) is 0 Å². The third-order valence-corrected chi connectivity index (χ3v) is 5.01. The predicted octanol–water partition coefficient (Wildman–Crippen LogP) is 1.56. The topological polar surface area (TPSA) is 90.0 Å². The number of sulfone groups is 1. The summed E-state index contributed by atoms with van der Waals surface area (Å²) in [6.45, 7) is 0. The molecule has 0 bridgehead atoms. The maximum atomic E-state index is 11.9. The number of hydrogen-bond acceptors (Lipinski definition) is 5. The van der Waals surface area contributed by atoms with Gasteiger partial charge in [0.25, 0.3) is 0 Å². The molecule has 0 atom stereocenters. The zero-order chi connectivity index (χ0) is 13.6. The summed E-state index contributed by atoms with van der Waals surface area (Å²) in [6.07, 6.45) is 7.69. The van der Waals surface area contributed by atoms with Gasteiger partial charge in [0.05, 0.1) is 6.04 Å². The third kappa shape index (κ3) is 2.43. The van der Waals surface area contributed by atoms with Crippen LogP contribution < -0.4 is 11.1 Å². The third-order valence-electron chi connectivity index (χ3n) is 3.86. The summed E-state index contributed by atoms with van der Waals surface area (Å²) in [5, 5.41) is 7.62. The molecule has 0 unspecified atom stereocenters. The average Bonchev–Trinajstić information content (AvgIpc) is 2.85. The summed E-state index contributed by atoms with van der Waals surface area (Å²) in [7, 11) is -3.36. The molecule has 2 fully saturated rings. The second-order valence-corrected chi connectivity index (χ2v) is 7.59. The Bertz CT molecular complexity index is 583. The Morgan fingerprint density at radius 3 is 2.42 bits per heavy atom. The highest BCUT2D eigenvalue weighted by molar-refractivity contribution is 7.91. The minimum absolute atomic E-state index is 0.172. The van der Waals surface area contributed by atoms with E-state index in [0.717, 1.165) is 38.5 Å². The first kappa shape index (κ1) is 12.8. The van der Waals surface area contributed by atoms with Crippen LogP contribution >= 0.6 is 0 Å². The van der Waals surface area contributed by atoms with Crippen molar-refractivity contribution >= 4 is 21.5 Å². The van der Waals surface area contributed by atoms with E-state index in [1.54, 1.807) is 4.68 Å². The summed E-state index contributed by atoms with van der Waals surface area (Å²) in [6, 6.07) is 0.599. The van der Waals surface area contributed by atoms with E-state index in [1.807, 2.05) is 0 Å². The fourth-order valence-corrected chi connectivity index (χ4v) is 3.66. The lowest BCUT2D eigenvalue weighted by molar-refractivity contribution is 0.474. The minimum Gasteiger partial charge on any atom is -0.383 e. The second kappa shape index (κ2) is 4.40. The van der Waals surface area contributed by atoms with E-state index in [9.17, 15) is 8.42 Å². The molecule has 0 aromatic carbocycles. The maximum absolute atomic E-state index is 11.9. The summed E-state index contributed by atoms with van der Waals surface area (Å²) < 4.78 is 25.6. The van der Waals surface area contributed by atoms with Crippen molar-refractivity contribution < 1.29 is 8.42 Å². The zero-order valence-corrected chi connectivity index (χ0v) is 11.9. The maximum Gasteiger partial charge on any atom is 0.182 e. The van der Waals surface area contributed by atoms with Gasteiger partial charge >= 0.3 is 0 Å². The molecule has 0 saturated heterocycles. The first-order chi connectivity index (χ1) is 8.97. The molecule has 0 radical (unpaired) electrons. The van der Waals surface area contributed by atoms with Crippen LogP contribution in [0.4, 0.5) is 11.6 Å². The standard InChI is InChI=1S/C12H20N4O2S/c1-19(17,18)10-11(13)16(9-4-2-3-5-9)15-12(10)14-8-6-7-8/h8-9H,2-7,13H2,1H3,(H,14,15). The molecule has 3 rings (SSSR count). The lowest BCUT2D eigenvalue weighted by Crippen LogP contribution is -2.11. The van der Waals surface area contributed by atoms with Crippen molar-refractivity contribution in [1.82, 2.24) is 9.78 Å². The van der Waals surface area contributed by atoms with Gasteiger partial charge in [-0.3, -0.25) is 0 Å². The Labute approximate surface area is 113 Å². The van der Waals surface area contributed by atoms with Crippen molar-refractivity contribution in [2.75, 3.05) is 17.3 Å². The molecule has 0 aliphatic heterocycles. The molecule has 19 heavy (non-hydrogen) atoms. The molecule has 106 valence electrons. The lowest BCUT2D eigenvalue weighted by atomic mass is 10.2. The van der Waals surface area contributed by atoms with Gasteiger partial charge < -0.3 is 11.1 Å². The van der Waals surface area contributed by atoms with Crippen molar-refractivity contribution in [3.05, 3.63) is 0 Å². The van der Waals surface area contributed by atoms with Gasteiger partial charge in [-0.15, -0.1) is 0 Å². The lowest BCUT2D eigenvalue weighted by Gasteiger charge is -2.11. The zero-order valence-electron chi connectivity index (χ0n) is 11.1. The first-order valence-corrected chi connectivity index (χ1v) is 8.70. The van der Waals surface area contributed by atoms with Gasteiger partial charge in [0, 0.05) is 12.3 Å². The summed E-state index contributed by atoms with van der Waals surface area (Å²) in [5.74, 6) is 0.729. The molecule has 7 heteroatoms. The van der Waals surface area contributed by atoms with Crippen molar-refractivity contribution in [1.29, 1.82) is 0 Å². The molecule has 1 heterocycles. The second-order valence-electron chi connectivity index (χ2n) is 5.64. The van der Waals surface area contributed by atoms with Crippen molar-refractivity contribution in [2.24, 2.45) is 0 Å². The molecule has 6 nitrogen and oxygen atoms in total. The van der Waals surface area contributed by atoms with Crippen LogP contribution in [0.5, 0.6) is 0 Å². The molecular weight excluding hydrogens is 264 g/mol. The monoisotopic (exact) mass is 284 g/mol. The summed E-state index contributed by atoms with van der Waals surface area (Å²) in [4.78, 5) is 0.172. The molecule has 2 aliphatic rings. The molecule has 1 aromatic rings. The fraction of sp³-hybridized carbons (Fsp3) is 0.750. The molecule has 1 aromatic heterocycles. The number of nitrogen functional groups attached to an aromatic ring is 1. The molecular formula is C12H20N4O2S. The molecule has 2 aliphatic carbocycles. The van der Waals surface area contributed by atoms with Crippen LogP contribution in [0.3, 0.4) is 0 Å². The number of nitrogens with one attached hydrogen (secondary N) is 1. The number of nitrogens with zero attached hydrogens (tertiary/aromatic N) is 2. The molecule has 0 amide bonds. The van der Waals surface area contributed by atoms with Crippen molar-refractivity contribution in [3.63, 3.8) is 0 Å². The van der Waals surface area contributed by atoms with Crippen molar-refractivity contribution in [2.45, 2.75) is 55.5 Å². The Morgan fingerprint density at radius 1 is 1.26 bits per heavy atom. The molecule has 3 N–H and O–H groups in total. The molecule has 0 spiro atoms. The van der Waals surface area contributed by atoms with Crippen LogP contribution in [-0.2, 0) is 9.84 Å². The quantitative estimate of drug-likeness (QED) is 0.875. The van der Waals surface area contributed by atoms with Crippen LogP contribution in [0.15, 0.2) is 4.90 Å². The van der Waals surface area contributed by atoms with Crippen LogP contribution in [0.2, 0.25) is 0 Å². The number of aromatic nitrogens is 2. The van der Waals surface area contributed by atoms with E-state index in [-0.39, 0.29) is 16.8 Å². The van der Waals surface area contributed by atoms with E-state index < -0.39 is 9.84 Å². The summed E-state index contributed by atoms with van der Waals surface area (Å²) >= 11 is 0. The van der Waals surface area contributed by atoms with Gasteiger partial charge in [0.1, 0.15) is 5.82 Å². The first-order valence-electron chi connectivity index (χ1n) is 6.81. The average molecular weight is 284 g/mol. The predicted molar refractivity (Wildman–Crippen MR) is 73.9 cm³/mol. The van der Waals surface area contributed by atoms with Gasteiger partial charge in [-0.1, -0.05) is 12.8 Å². The SMILES string of the molecule is CS(=O)(=O)c1c(NC2CC2)nn(C2CCCC2)c1N. The van der Waals surface area contributed by atoms with Crippen LogP contribution in [0, 0.1) is 0 Å². The largest absolute Gasteiger partial charge is 0.383 e. The Balaban J connectivity index is 2.03. The number of anilines is 2. The minimum atomic E-state index is -3.36. The van der Waals surface area contributed by atoms with E-state index in [2.05, 4.69) is 10.4 Å². The molecule has 2 saturated carbocycles. The summed E-state index contributed by atoms with van der Waals surface area (Å²) in [5.41, 5.74) is 6.05. The van der Waals surface area contributed by atoms with Crippen LogP contribution in [0.1, 0.15) is 44.6 Å². The van der Waals surface area contributed by atoms with Gasteiger partial charge in [-0.05, 0) is 25.7 Å². The van der Waals surface area contributed by atoms with Gasteiger partial charge in [0.2, 0.25) is 0 Å². The van der Waals surface area contributed by atoms with Crippen molar-refractivity contribution in [3.8, 4) is 0 Å². The highest BCUT2D eigenvalue weighted by atomic mass is 32.2. The number of nitrogens with two attached hydrogens (primary N) is 1. The van der Waals surface area contributed by atoms with Crippen LogP contribution in [-0.4, -0.2) is 30.5 Å². The fourth-order valence-electron chi connectivity index (χ4n) is 2.74. The van der Waals surface area contributed by atoms with E-state index >= 15 is 0 Å². The van der Waals surface area contributed by atoms with E-state index in [4.69, 9.17) is 5.73 Å². The Kier molecular flexibility index (Phi) is 2.96. The van der Waals surface area contributed by atoms with E-state index in [1.165, 1.54) is 6.26 Å². The Morgan fingerprint density at radius 2 is 1.89 bits per heavy atom. The normalized spacial score (nSPS) is 20.9. The van der Waals surface area contributed by atoms with Gasteiger partial charge in [-0.25, -0.2) is 13.1 Å². The Hall–Kier alpha value is -1.24. The number of hydrogen-bond donors (Lipinski definition) is 2. The highest BCUT2D eigenvalue weighted by Gasteiger charge is 2.31. The van der Waals surface area contributed by atoms with E-state index in [0.29, 0.717) is 11.9 Å². The van der Waals surface area contributed by atoms with Gasteiger partial charge in [0.15, 0.2) is 20.6 Å². The number of rotatable bonds is 4.